The first-order valence-electron chi connectivity index (χ1n) is 6.93. The number of halogens is 1. The molecular weight excluding hydrogens is 281 g/mol. The SMILES string of the molecule is COc1ccc2cc(C)nc(-c3ccccc3F)c2c1OC. The maximum absolute atomic E-state index is 14.2. The van der Waals surface area contributed by atoms with Crippen molar-refractivity contribution in [1.29, 1.82) is 0 Å². The van der Waals surface area contributed by atoms with Crippen molar-refractivity contribution in [3.63, 3.8) is 0 Å². The van der Waals surface area contributed by atoms with Crippen molar-refractivity contribution in [3.05, 3.63) is 54.0 Å². The summed E-state index contributed by atoms with van der Waals surface area (Å²) >= 11 is 0. The lowest BCUT2D eigenvalue weighted by molar-refractivity contribution is 0.358. The van der Waals surface area contributed by atoms with Gasteiger partial charge in [0.05, 0.1) is 25.3 Å². The Morgan fingerprint density at radius 1 is 1.00 bits per heavy atom. The fourth-order valence-electron chi connectivity index (χ4n) is 2.64. The number of benzene rings is 2. The van der Waals surface area contributed by atoms with Crippen LogP contribution in [0.5, 0.6) is 11.5 Å². The summed E-state index contributed by atoms with van der Waals surface area (Å²) < 4.78 is 25.1. The molecule has 0 atom stereocenters. The second-order valence-electron chi connectivity index (χ2n) is 4.99. The smallest absolute Gasteiger partial charge is 0.170 e. The van der Waals surface area contributed by atoms with Crippen LogP contribution < -0.4 is 9.47 Å². The summed E-state index contributed by atoms with van der Waals surface area (Å²) in [5.74, 6) is 0.843. The van der Waals surface area contributed by atoms with Gasteiger partial charge >= 0.3 is 0 Å². The van der Waals surface area contributed by atoms with Crippen LogP contribution in [0.3, 0.4) is 0 Å². The first kappa shape index (κ1) is 14.3. The fraction of sp³-hybridized carbons (Fsp3) is 0.167. The summed E-state index contributed by atoms with van der Waals surface area (Å²) in [6.07, 6.45) is 0. The van der Waals surface area contributed by atoms with Crippen LogP contribution in [-0.4, -0.2) is 19.2 Å². The van der Waals surface area contributed by atoms with E-state index in [9.17, 15) is 4.39 Å². The molecule has 0 N–H and O–H groups in total. The maximum atomic E-state index is 14.2. The van der Waals surface area contributed by atoms with Crippen molar-refractivity contribution >= 4 is 10.8 Å². The molecule has 22 heavy (non-hydrogen) atoms. The summed E-state index contributed by atoms with van der Waals surface area (Å²) in [6.45, 7) is 1.89. The average molecular weight is 297 g/mol. The molecule has 0 aliphatic carbocycles. The molecule has 0 saturated carbocycles. The number of fused-ring (bicyclic) bond motifs is 1. The molecule has 0 bridgehead atoms. The monoisotopic (exact) mass is 297 g/mol. The van der Waals surface area contributed by atoms with E-state index in [2.05, 4.69) is 4.98 Å². The van der Waals surface area contributed by atoms with Crippen LogP contribution in [-0.2, 0) is 0 Å². The van der Waals surface area contributed by atoms with Gasteiger partial charge < -0.3 is 9.47 Å². The van der Waals surface area contributed by atoms with Crippen LogP contribution in [0, 0.1) is 12.7 Å². The number of hydrogen-bond acceptors (Lipinski definition) is 3. The van der Waals surface area contributed by atoms with E-state index in [1.165, 1.54) is 6.07 Å². The zero-order chi connectivity index (χ0) is 15.7. The lowest BCUT2D eigenvalue weighted by Gasteiger charge is -2.15. The first-order chi connectivity index (χ1) is 10.7. The molecule has 3 rings (SSSR count). The number of rotatable bonds is 3. The zero-order valence-corrected chi connectivity index (χ0v) is 12.7. The molecule has 0 unspecified atom stereocenters. The van der Waals surface area contributed by atoms with Gasteiger partial charge in [-0.1, -0.05) is 18.2 Å². The second kappa shape index (κ2) is 5.64. The highest BCUT2D eigenvalue weighted by Crippen LogP contribution is 2.41. The van der Waals surface area contributed by atoms with Gasteiger partial charge in [0, 0.05) is 11.3 Å². The minimum Gasteiger partial charge on any atom is -0.493 e. The Balaban J connectivity index is 2.45. The van der Waals surface area contributed by atoms with Crippen LogP contribution in [0.2, 0.25) is 0 Å². The van der Waals surface area contributed by atoms with Crippen molar-refractivity contribution in [1.82, 2.24) is 4.98 Å². The molecule has 4 heteroatoms. The third-order valence-corrected chi connectivity index (χ3v) is 3.60. The van der Waals surface area contributed by atoms with Crippen LogP contribution in [0.15, 0.2) is 42.5 Å². The van der Waals surface area contributed by atoms with Crippen LogP contribution >= 0.6 is 0 Å². The summed E-state index contributed by atoms with van der Waals surface area (Å²) in [5.41, 5.74) is 1.82. The highest BCUT2D eigenvalue weighted by atomic mass is 19.1. The third kappa shape index (κ3) is 2.26. The van der Waals surface area contributed by atoms with E-state index in [1.54, 1.807) is 32.4 Å². The number of hydrogen-bond donors (Lipinski definition) is 0. The minimum absolute atomic E-state index is 0.313. The number of nitrogens with zero attached hydrogens (tertiary/aromatic N) is 1. The number of aryl methyl sites for hydroxylation is 1. The molecule has 0 saturated heterocycles. The largest absolute Gasteiger partial charge is 0.493 e. The van der Waals surface area contributed by atoms with Gasteiger partial charge in [-0.05, 0) is 36.6 Å². The van der Waals surface area contributed by atoms with Gasteiger partial charge in [-0.2, -0.15) is 0 Å². The molecule has 0 amide bonds. The number of pyridine rings is 1. The lowest BCUT2D eigenvalue weighted by atomic mass is 10.0. The van der Waals surface area contributed by atoms with Crippen LogP contribution in [0.4, 0.5) is 4.39 Å². The van der Waals surface area contributed by atoms with Gasteiger partial charge in [0.15, 0.2) is 11.5 Å². The van der Waals surface area contributed by atoms with Crippen molar-refractivity contribution < 1.29 is 13.9 Å². The van der Waals surface area contributed by atoms with E-state index in [1.807, 2.05) is 25.1 Å². The molecule has 112 valence electrons. The van der Waals surface area contributed by atoms with Gasteiger partial charge in [0.25, 0.3) is 0 Å². The van der Waals surface area contributed by atoms with Gasteiger partial charge in [0.1, 0.15) is 5.82 Å². The van der Waals surface area contributed by atoms with E-state index in [-0.39, 0.29) is 5.82 Å². The molecule has 3 aromatic rings. The van der Waals surface area contributed by atoms with Gasteiger partial charge in [-0.3, -0.25) is 4.98 Å². The van der Waals surface area contributed by atoms with Crippen molar-refractivity contribution in [2.45, 2.75) is 6.92 Å². The Kier molecular flexibility index (Phi) is 3.67. The van der Waals surface area contributed by atoms with Crippen molar-refractivity contribution in [2.24, 2.45) is 0 Å². The van der Waals surface area contributed by atoms with Gasteiger partial charge in [-0.15, -0.1) is 0 Å². The molecule has 0 radical (unpaired) electrons. The van der Waals surface area contributed by atoms with Crippen molar-refractivity contribution in [3.8, 4) is 22.8 Å². The first-order valence-corrected chi connectivity index (χ1v) is 6.93. The summed E-state index contributed by atoms with van der Waals surface area (Å²) in [6, 6.07) is 12.3. The Hall–Kier alpha value is -2.62. The highest BCUT2D eigenvalue weighted by molar-refractivity contribution is 6.01. The molecule has 3 nitrogen and oxygen atoms in total. The average Bonchev–Trinajstić information content (AvgIpc) is 2.53. The van der Waals surface area contributed by atoms with E-state index < -0.39 is 0 Å². The van der Waals surface area contributed by atoms with Gasteiger partial charge in [-0.25, -0.2) is 4.39 Å². The number of ether oxygens (including phenoxy) is 2. The van der Waals surface area contributed by atoms with E-state index in [4.69, 9.17) is 9.47 Å². The lowest BCUT2D eigenvalue weighted by Crippen LogP contribution is -1.97. The summed E-state index contributed by atoms with van der Waals surface area (Å²) in [5, 5.41) is 1.68. The molecule has 1 aromatic heterocycles. The molecule has 0 aliphatic rings. The minimum atomic E-state index is -0.313. The normalized spacial score (nSPS) is 10.7. The predicted octanol–water partition coefficient (Wildman–Crippen LogP) is 4.37. The molecule has 0 fully saturated rings. The maximum Gasteiger partial charge on any atom is 0.170 e. The highest BCUT2D eigenvalue weighted by Gasteiger charge is 2.17. The predicted molar refractivity (Wildman–Crippen MR) is 85.0 cm³/mol. The molecule has 1 heterocycles. The van der Waals surface area contributed by atoms with Crippen molar-refractivity contribution in [2.75, 3.05) is 14.2 Å². The standard InChI is InChI=1S/C18H16FNO2/c1-11-10-12-8-9-15(21-2)18(22-3)16(12)17(20-11)13-6-4-5-7-14(13)19/h4-10H,1-3H3. The Morgan fingerprint density at radius 2 is 1.77 bits per heavy atom. The Morgan fingerprint density at radius 3 is 2.45 bits per heavy atom. The summed E-state index contributed by atoms with van der Waals surface area (Å²) in [4.78, 5) is 4.54. The Labute approximate surface area is 128 Å². The van der Waals surface area contributed by atoms with Crippen LogP contribution in [0.1, 0.15) is 5.69 Å². The Bertz CT molecular complexity index is 846. The van der Waals surface area contributed by atoms with E-state index in [0.29, 0.717) is 22.8 Å². The molecule has 2 aromatic carbocycles. The number of methoxy groups -OCH3 is 2. The molecule has 0 aliphatic heterocycles. The fourth-order valence-corrected chi connectivity index (χ4v) is 2.64. The van der Waals surface area contributed by atoms with Gasteiger partial charge in [0.2, 0.25) is 0 Å². The third-order valence-electron chi connectivity index (χ3n) is 3.60. The summed E-state index contributed by atoms with van der Waals surface area (Å²) in [7, 11) is 3.15. The van der Waals surface area contributed by atoms with E-state index in [0.717, 1.165) is 16.5 Å². The molecule has 0 spiro atoms. The molecular formula is C18H16FNO2. The topological polar surface area (TPSA) is 31.4 Å². The second-order valence-corrected chi connectivity index (χ2v) is 4.99. The number of aromatic nitrogens is 1. The van der Waals surface area contributed by atoms with E-state index >= 15 is 0 Å². The zero-order valence-electron chi connectivity index (χ0n) is 12.7. The van der Waals surface area contributed by atoms with Crippen LogP contribution in [0.25, 0.3) is 22.0 Å². The quantitative estimate of drug-likeness (QED) is 0.719.